The Hall–Kier alpha value is -0.190. The Bertz CT molecular complexity index is 440. The van der Waals surface area contributed by atoms with E-state index in [0.29, 0.717) is 19.8 Å². The van der Waals surface area contributed by atoms with Crippen LogP contribution in [-0.2, 0) is 14.3 Å². The SMILES string of the molecule is C[C@@]12COC[C@]13C=C(Br)C(C2)[C@]1(CO1)C3=O. The van der Waals surface area contributed by atoms with Crippen molar-refractivity contribution in [3.8, 4) is 0 Å². The van der Waals surface area contributed by atoms with E-state index in [1.807, 2.05) is 0 Å². The minimum Gasteiger partial charge on any atom is -0.379 e. The topological polar surface area (TPSA) is 38.8 Å². The molecule has 5 rings (SSSR count). The van der Waals surface area contributed by atoms with E-state index in [2.05, 4.69) is 28.9 Å². The van der Waals surface area contributed by atoms with Gasteiger partial charge in [0, 0.05) is 11.3 Å². The zero-order valence-electron chi connectivity index (χ0n) is 9.09. The minimum absolute atomic E-state index is 0.0246. The maximum absolute atomic E-state index is 12.7. The van der Waals surface area contributed by atoms with Gasteiger partial charge in [0.2, 0.25) is 0 Å². The van der Waals surface area contributed by atoms with Crippen molar-refractivity contribution < 1.29 is 14.3 Å². The van der Waals surface area contributed by atoms with Crippen LogP contribution in [0.2, 0.25) is 0 Å². The van der Waals surface area contributed by atoms with Gasteiger partial charge < -0.3 is 9.47 Å². The summed E-state index contributed by atoms with van der Waals surface area (Å²) in [6, 6.07) is 0. The van der Waals surface area contributed by atoms with E-state index >= 15 is 0 Å². The Morgan fingerprint density at radius 1 is 1.44 bits per heavy atom. The van der Waals surface area contributed by atoms with Crippen LogP contribution in [0.1, 0.15) is 13.3 Å². The summed E-state index contributed by atoms with van der Waals surface area (Å²) in [6.07, 6.45) is 3.10. The van der Waals surface area contributed by atoms with Gasteiger partial charge in [-0.1, -0.05) is 28.9 Å². The average Bonchev–Trinajstić information content (AvgIpc) is 2.94. The maximum Gasteiger partial charge on any atom is 0.180 e. The molecule has 0 aromatic heterocycles. The number of Topliss-reactive ketones (excluding diaryl/α,β-unsaturated/α-hetero) is 1. The fourth-order valence-electron chi connectivity index (χ4n) is 3.82. The second-order valence-electron chi connectivity index (χ2n) is 5.82. The summed E-state index contributed by atoms with van der Waals surface area (Å²) in [6.45, 7) is 3.99. The highest BCUT2D eigenvalue weighted by Crippen LogP contribution is 2.67. The lowest BCUT2D eigenvalue weighted by Crippen LogP contribution is -2.61. The Labute approximate surface area is 102 Å². The average molecular weight is 285 g/mol. The van der Waals surface area contributed by atoms with Crippen molar-refractivity contribution in [3.63, 3.8) is 0 Å². The van der Waals surface area contributed by atoms with Gasteiger partial charge in [-0.3, -0.25) is 4.79 Å². The highest BCUT2D eigenvalue weighted by Gasteiger charge is 2.76. The van der Waals surface area contributed by atoms with E-state index in [1.165, 1.54) is 0 Å². The second kappa shape index (κ2) is 2.47. The van der Waals surface area contributed by atoms with Crippen LogP contribution in [0.25, 0.3) is 0 Å². The third kappa shape index (κ3) is 0.783. The smallest absolute Gasteiger partial charge is 0.180 e. The number of rotatable bonds is 0. The van der Waals surface area contributed by atoms with Crippen molar-refractivity contribution in [2.75, 3.05) is 19.8 Å². The highest BCUT2D eigenvalue weighted by molar-refractivity contribution is 9.11. The summed E-state index contributed by atoms with van der Waals surface area (Å²) in [4.78, 5) is 12.7. The van der Waals surface area contributed by atoms with Crippen molar-refractivity contribution in [2.24, 2.45) is 16.7 Å². The Kier molecular flexibility index (Phi) is 1.51. The van der Waals surface area contributed by atoms with Gasteiger partial charge in [0.05, 0.1) is 25.2 Å². The van der Waals surface area contributed by atoms with Crippen molar-refractivity contribution in [1.82, 2.24) is 0 Å². The number of hydrogen-bond acceptors (Lipinski definition) is 3. The van der Waals surface area contributed by atoms with E-state index in [0.717, 1.165) is 10.9 Å². The molecule has 2 bridgehead atoms. The van der Waals surface area contributed by atoms with Gasteiger partial charge in [0.15, 0.2) is 11.4 Å². The summed E-state index contributed by atoms with van der Waals surface area (Å²) >= 11 is 3.62. The number of carbonyl (C=O) groups excluding carboxylic acids is 1. The Morgan fingerprint density at radius 2 is 2.19 bits per heavy atom. The molecule has 3 aliphatic carbocycles. The fourth-order valence-corrected chi connectivity index (χ4v) is 4.74. The molecule has 0 aromatic rings. The summed E-state index contributed by atoms with van der Waals surface area (Å²) in [5, 5.41) is 0. The lowest BCUT2D eigenvalue weighted by molar-refractivity contribution is -0.145. The van der Waals surface area contributed by atoms with Crippen LogP contribution < -0.4 is 0 Å². The third-order valence-corrected chi connectivity index (χ3v) is 5.79. The van der Waals surface area contributed by atoms with Gasteiger partial charge >= 0.3 is 0 Å². The molecule has 5 aliphatic rings. The normalized spacial score (nSPS) is 57.8. The van der Waals surface area contributed by atoms with Gasteiger partial charge in [0.25, 0.3) is 0 Å². The Balaban J connectivity index is 1.98. The van der Waals surface area contributed by atoms with Crippen LogP contribution in [0.3, 0.4) is 0 Å². The molecule has 3 nitrogen and oxygen atoms in total. The van der Waals surface area contributed by atoms with Gasteiger partial charge in [0.1, 0.15) is 0 Å². The van der Waals surface area contributed by atoms with Crippen molar-refractivity contribution in [3.05, 3.63) is 10.6 Å². The molecule has 16 heavy (non-hydrogen) atoms. The van der Waals surface area contributed by atoms with Gasteiger partial charge in [-0.15, -0.1) is 0 Å². The first-order valence-electron chi connectivity index (χ1n) is 5.69. The monoisotopic (exact) mass is 284 g/mol. The molecule has 0 amide bonds. The molecular weight excluding hydrogens is 272 g/mol. The summed E-state index contributed by atoms with van der Waals surface area (Å²) in [5.41, 5.74) is -0.957. The third-order valence-electron chi connectivity index (χ3n) is 5.01. The number of halogens is 1. The predicted molar refractivity (Wildman–Crippen MR) is 60.2 cm³/mol. The lowest BCUT2D eigenvalue weighted by atomic mass is 9.49. The maximum atomic E-state index is 12.7. The molecule has 1 unspecified atom stereocenters. The lowest BCUT2D eigenvalue weighted by Gasteiger charge is -2.52. The summed E-state index contributed by atoms with van der Waals surface area (Å²) < 4.78 is 12.3. The van der Waals surface area contributed by atoms with Crippen molar-refractivity contribution in [1.29, 1.82) is 0 Å². The Morgan fingerprint density at radius 3 is 2.88 bits per heavy atom. The van der Waals surface area contributed by atoms with Crippen molar-refractivity contribution in [2.45, 2.75) is 18.9 Å². The molecule has 4 atom stereocenters. The number of ether oxygens (including phenoxy) is 2. The van der Waals surface area contributed by atoms with Gasteiger partial charge in [-0.2, -0.15) is 0 Å². The molecule has 86 valence electrons. The standard InChI is InChI=1S/C12H13BrO3/c1-10-2-7-8(13)3-11(10,5-15-4-10)9(14)12(7)6-16-12/h3,7H,2,4-6H2,1H3/t7?,10-,11+,12-/m1/s1. The van der Waals surface area contributed by atoms with Gasteiger partial charge in [-0.05, 0) is 10.9 Å². The van der Waals surface area contributed by atoms with Gasteiger partial charge in [-0.25, -0.2) is 0 Å². The highest BCUT2D eigenvalue weighted by atomic mass is 79.9. The largest absolute Gasteiger partial charge is 0.379 e. The summed E-state index contributed by atoms with van der Waals surface area (Å²) in [5.74, 6) is 0.480. The number of hydrogen-bond donors (Lipinski definition) is 0. The molecule has 3 fully saturated rings. The predicted octanol–water partition coefficient (Wildman–Crippen LogP) is 1.66. The molecule has 0 aromatic carbocycles. The first-order chi connectivity index (χ1) is 7.54. The first kappa shape index (κ1) is 9.80. The molecular formula is C12H13BrO3. The van der Waals surface area contributed by atoms with Crippen LogP contribution >= 0.6 is 15.9 Å². The molecule has 0 N–H and O–H groups in total. The molecule has 2 saturated heterocycles. The van der Waals surface area contributed by atoms with E-state index in [1.54, 1.807) is 0 Å². The minimum atomic E-state index is -0.499. The van der Waals surface area contributed by atoms with Crippen LogP contribution in [-0.4, -0.2) is 31.2 Å². The zero-order valence-corrected chi connectivity index (χ0v) is 10.7. The number of carbonyl (C=O) groups is 1. The molecule has 2 aliphatic heterocycles. The molecule has 2 spiro atoms. The van der Waals surface area contributed by atoms with E-state index in [4.69, 9.17) is 9.47 Å². The van der Waals surface area contributed by atoms with Crippen LogP contribution in [0.5, 0.6) is 0 Å². The zero-order chi connectivity index (χ0) is 11.2. The number of ketones is 1. The van der Waals surface area contributed by atoms with E-state index in [9.17, 15) is 4.79 Å². The van der Waals surface area contributed by atoms with Crippen molar-refractivity contribution >= 4 is 21.7 Å². The molecule has 4 heteroatoms. The molecule has 0 radical (unpaired) electrons. The number of epoxide rings is 1. The fraction of sp³-hybridized carbons (Fsp3) is 0.750. The van der Waals surface area contributed by atoms with Crippen LogP contribution in [0.15, 0.2) is 10.6 Å². The van der Waals surface area contributed by atoms with E-state index in [-0.39, 0.29) is 17.1 Å². The second-order valence-corrected chi connectivity index (χ2v) is 6.73. The van der Waals surface area contributed by atoms with E-state index < -0.39 is 11.0 Å². The van der Waals surface area contributed by atoms with Crippen LogP contribution in [0.4, 0.5) is 0 Å². The molecule has 2 heterocycles. The quantitative estimate of drug-likeness (QED) is 0.635. The van der Waals surface area contributed by atoms with Crippen LogP contribution in [0, 0.1) is 16.7 Å². The summed E-state index contributed by atoms with van der Waals surface area (Å²) in [7, 11) is 0. The first-order valence-corrected chi connectivity index (χ1v) is 6.48. The molecule has 1 saturated carbocycles.